The Morgan fingerprint density at radius 3 is 2.63 bits per heavy atom. The number of unbranched alkanes of at least 4 members (excludes halogenated alkanes) is 1. The molecule has 0 aromatic carbocycles. The second-order valence-electron chi connectivity index (χ2n) is 6.90. The van der Waals surface area contributed by atoms with Crippen LogP contribution < -0.4 is 9.80 Å². The fourth-order valence-corrected chi connectivity index (χ4v) is 3.21. The van der Waals surface area contributed by atoms with Crippen molar-refractivity contribution in [1.29, 1.82) is 0 Å². The van der Waals surface area contributed by atoms with E-state index in [4.69, 9.17) is 0 Å². The molecule has 0 bridgehead atoms. The van der Waals surface area contributed by atoms with E-state index in [0.717, 1.165) is 44.1 Å². The van der Waals surface area contributed by atoms with Crippen molar-refractivity contribution in [3.05, 3.63) is 42.0 Å². The number of hydrogen-bond acceptors (Lipinski definition) is 6. The molecule has 0 N–H and O–H groups in total. The molecule has 0 saturated carbocycles. The summed E-state index contributed by atoms with van der Waals surface area (Å²) in [6.07, 6.45) is 4.02. The third-order valence-electron chi connectivity index (χ3n) is 4.82. The summed E-state index contributed by atoms with van der Waals surface area (Å²) in [5.41, 5.74) is 0.479. The first-order valence-corrected chi connectivity index (χ1v) is 9.60. The molecule has 1 amide bonds. The van der Waals surface area contributed by atoms with Gasteiger partial charge in [0.25, 0.3) is 5.91 Å². The Balaban J connectivity index is 1.67. The van der Waals surface area contributed by atoms with Gasteiger partial charge in [0.1, 0.15) is 23.2 Å². The van der Waals surface area contributed by atoms with Gasteiger partial charge in [0, 0.05) is 52.0 Å². The number of carbonyl (C=O) groups excluding carboxylic acids is 1. The zero-order valence-electron chi connectivity index (χ0n) is 16.4. The number of hydrogen-bond donors (Lipinski definition) is 0. The Kier molecular flexibility index (Phi) is 6.21. The number of amides is 1. The fraction of sp³-hybridized carbons (Fsp3) is 0.500. The zero-order chi connectivity index (χ0) is 19.2. The van der Waals surface area contributed by atoms with Crippen molar-refractivity contribution in [2.75, 3.05) is 49.6 Å². The summed E-state index contributed by atoms with van der Waals surface area (Å²) in [5, 5.41) is 0. The molecule has 1 saturated heterocycles. The van der Waals surface area contributed by atoms with E-state index in [1.165, 1.54) is 0 Å². The van der Waals surface area contributed by atoms with E-state index in [-0.39, 0.29) is 5.91 Å². The zero-order valence-corrected chi connectivity index (χ0v) is 16.4. The molecule has 0 spiro atoms. The van der Waals surface area contributed by atoms with Gasteiger partial charge in [0.05, 0.1) is 0 Å². The summed E-state index contributed by atoms with van der Waals surface area (Å²) >= 11 is 0. The second kappa shape index (κ2) is 8.79. The Labute approximate surface area is 161 Å². The van der Waals surface area contributed by atoms with Gasteiger partial charge in [0.2, 0.25) is 0 Å². The molecule has 0 atom stereocenters. The number of rotatable bonds is 6. The Morgan fingerprint density at radius 1 is 1.19 bits per heavy atom. The van der Waals surface area contributed by atoms with Crippen LogP contribution >= 0.6 is 0 Å². The average Bonchev–Trinajstić information content (AvgIpc) is 2.71. The summed E-state index contributed by atoms with van der Waals surface area (Å²) in [5.74, 6) is 2.38. The molecule has 144 valence electrons. The number of piperazine rings is 1. The molecule has 27 heavy (non-hydrogen) atoms. The van der Waals surface area contributed by atoms with Crippen LogP contribution in [-0.4, -0.2) is 65.5 Å². The van der Waals surface area contributed by atoms with E-state index in [1.807, 2.05) is 43.1 Å². The molecule has 0 radical (unpaired) electrons. The van der Waals surface area contributed by atoms with Gasteiger partial charge in [0.15, 0.2) is 0 Å². The van der Waals surface area contributed by atoms with Crippen molar-refractivity contribution < 1.29 is 4.79 Å². The number of pyridine rings is 1. The van der Waals surface area contributed by atoms with Gasteiger partial charge in [-0.15, -0.1) is 0 Å². The van der Waals surface area contributed by atoms with Crippen LogP contribution in [0.2, 0.25) is 0 Å². The van der Waals surface area contributed by atoms with Crippen molar-refractivity contribution in [2.24, 2.45) is 0 Å². The first kappa shape index (κ1) is 19.1. The topological polar surface area (TPSA) is 65.5 Å². The second-order valence-corrected chi connectivity index (χ2v) is 6.90. The molecule has 1 aliphatic rings. The summed E-state index contributed by atoms with van der Waals surface area (Å²) < 4.78 is 0. The van der Waals surface area contributed by atoms with Crippen LogP contribution in [0.1, 0.15) is 36.1 Å². The maximum Gasteiger partial charge on any atom is 0.272 e. The van der Waals surface area contributed by atoms with Crippen LogP contribution in [0.3, 0.4) is 0 Å². The molecule has 2 aromatic heterocycles. The van der Waals surface area contributed by atoms with Crippen molar-refractivity contribution in [2.45, 2.75) is 26.7 Å². The van der Waals surface area contributed by atoms with E-state index in [0.29, 0.717) is 24.6 Å². The smallest absolute Gasteiger partial charge is 0.272 e. The summed E-state index contributed by atoms with van der Waals surface area (Å²) in [7, 11) is 2.01. The predicted octanol–water partition coefficient (Wildman–Crippen LogP) is 2.38. The quantitative estimate of drug-likeness (QED) is 0.780. The summed E-state index contributed by atoms with van der Waals surface area (Å²) in [6.45, 7) is 7.81. The third-order valence-corrected chi connectivity index (χ3v) is 4.82. The molecule has 1 aliphatic heterocycles. The van der Waals surface area contributed by atoms with Crippen molar-refractivity contribution in [1.82, 2.24) is 19.9 Å². The minimum absolute atomic E-state index is 0.0219. The summed E-state index contributed by atoms with van der Waals surface area (Å²) in [6, 6.07) is 7.72. The molecule has 3 heterocycles. The average molecular weight is 368 g/mol. The number of anilines is 2. The van der Waals surface area contributed by atoms with Crippen molar-refractivity contribution in [3.63, 3.8) is 0 Å². The highest BCUT2D eigenvalue weighted by atomic mass is 16.2. The number of nitrogens with zero attached hydrogens (tertiary/aromatic N) is 6. The largest absolute Gasteiger partial charge is 0.360 e. The molecule has 2 aromatic rings. The van der Waals surface area contributed by atoms with Crippen LogP contribution in [0.15, 0.2) is 30.5 Å². The van der Waals surface area contributed by atoms with E-state index in [2.05, 4.69) is 31.7 Å². The first-order valence-electron chi connectivity index (χ1n) is 9.60. The predicted molar refractivity (Wildman–Crippen MR) is 107 cm³/mol. The molecular weight excluding hydrogens is 340 g/mol. The van der Waals surface area contributed by atoms with Gasteiger partial charge >= 0.3 is 0 Å². The van der Waals surface area contributed by atoms with Crippen molar-refractivity contribution >= 4 is 17.5 Å². The molecular formula is C20H28N6O. The Morgan fingerprint density at radius 2 is 1.96 bits per heavy atom. The van der Waals surface area contributed by atoms with Crippen LogP contribution in [0.4, 0.5) is 11.6 Å². The molecule has 7 nitrogen and oxygen atoms in total. The van der Waals surface area contributed by atoms with E-state index in [9.17, 15) is 4.79 Å². The SMILES string of the molecule is CCCCN(C)c1cc(C(=O)N2CCN(c3ccccn3)CC2)nc(C)n1. The number of carbonyl (C=O) groups is 1. The lowest BCUT2D eigenvalue weighted by Gasteiger charge is -2.35. The van der Waals surface area contributed by atoms with Gasteiger partial charge in [-0.1, -0.05) is 19.4 Å². The van der Waals surface area contributed by atoms with Crippen LogP contribution in [0.5, 0.6) is 0 Å². The van der Waals surface area contributed by atoms with E-state index >= 15 is 0 Å². The molecule has 1 fully saturated rings. The van der Waals surface area contributed by atoms with Gasteiger partial charge in [-0.3, -0.25) is 4.79 Å². The van der Waals surface area contributed by atoms with Crippen LogP contribution in [0, 0.1) is 6.92 Å². The van der Waals surface area contributed by atoms with Gasteiger partial charge in [-0.25, -0.2) is 15.0 Å². The molecule has 0 unspecified atom stereocenters. The number of aryl methyl sites for hydroxylation is 1. The van der Waals surface area contributed by atoms with E-state index < -0.39 is 0 Å². The van der Waals surface area contributed by atoms with Crippen LogP contribution in [-0.2, 0) is 0 Å². The normalized spacial score (nSPS) is 14.3. The fourth-order valence-electron chi connectivity index (χ4n) is 3.21. The highest BCUT2D eigenvalue weighted by molar-refractivity contribution is 5.93. The highest BCUT2D eigenvalue weighted by Crippen LogP contribution is 2.17. The Bertz CT molecular complexity index is 758. The van der Waals surface area contributed by atoms with Gasteiger partial charge < -0.3 is 14.7 Å². The van der Waals surface area contributed by atoms with E-state index in [1.54, 1.807) is 6.20 Å². The molecule has 7 heteroatoms. The minimum Gasteiger partial charge on any atom is -0.360 e. The Hall–Kier alpha value is -2.70. The third kappa shape index (κ3) is 4.72. The maximum atomic E-state index is 13.0. The summed E-state index contributed by atoms with van der Waals surface area (Å²) in [4.78, 5) is 32.4. The van der Waals surface area contributed by atoms with Gasteiger partial charge in [-0.05, 0) is 25.5 Å². The molecule has 0 aliphatic carbocycles. The standard InChI is InChI=1S/C20H28N6O/c1-4-5-10-24(3)19-15-17(22-16(2)23-19)20(27)26-13-11-25(12-14-26)18-8-6-7-9-21-18/h6-9,15H,4-5,10-14H2,1-3H3. The molecule has 3 rings (SSSR count). The maximum absolute atomic E-state index is 13.0. The lowest BCUT2D eigenvalue weighted by Crippen LogP contribution is -2.49. The minimum atomic E-state index is -0.0219. The van der Waals surface area contributed by atoms with Gasteiger partial charge in [-0.2, -0.15) is 0 Å². The highest BCUT2D eigenvalue weighted by Gasteiger charge is 2.24. The lowest BCUT2D eigenvalue weighted by molar-refractivity contribution is 0.0740. The number of aromatic nitrogens is 3. The monoisotopic (exact) mass is 368 g/mol. The first-order chi connectivity index (χ1) is 13.1. The van der Waals surface area contributed by atoms with Crippen molar-refractivity contribution in [3.8, 4) is 0 Å². The van der Waals surface area contributed by atoms with Crippen LogP contribution in [0.25, 0.3) is 0 Å². The lowest BCUT2D eigenvalue weighted by atomic mass is 10.2.